The molecule has 130 valence electrons. The third kappa shape index (κ3) is 3.09. The summed E-state index contributed by atoms with van der Waals surface area (Å²) < 4.78 is 5.25. The van der Waals surface area contributed by atoms with Crippen LogP contribution in [0.2, 0.25) is 0 Å². The monoisotopic (exact) mass is 347 g/mol. The van der Waals surface area contributed by atoms with Gasteiger partial charge in [-0.2, -0.15) is 0 Å². The van der Waals surface area contributed by atoms with Crippen LogP contribution in [0.25, 0.3) is 0 Å². The number of fused-ring (bicyclic) bond motifs is 1. The maximum Gasteiger partial charge on any atom is 0.290 e. The van der Waals surface area contributed by atoms with E-state index in [0.717, 1.165) is 11.1 Å². The molecule has 3 aromatic rings. The maximum absolute atomic E-state index is 12.9. The Morgan fingerprint density at radius 3 is 2.54 bits per heavy atom. The number of aromatic nitrogens is 1. The average Bonchev–Trinajstić information content (AvgIpc) is 3.22. The smallest absolute Gasteiger partial charge is 0.290 e. The minimum absolute atomic E-state index is 0.228. The Bertz CT molecular complexity index is 922. The van der Waals surface area contributed by atoms with E-state index < -0.39 is 6.04 Å². The Morgan fingerprint density at radius 2 is 1.81 bits per heavy atom. The summed E-state index contributed by atoms with van der Waals surface area (Å²) in [5, 5.41) is 2.87. The molecule has 4 rings (SSSR count). The van der Waals surface area contributed by atoms with Crippen LogP contribution in [0.15, 0.2) is 71.6 Å². The average molecular weight is 347 g/mol. The van der Waals surface area contributed by atoms with Crippen LogP contribution in [0.1, 0.15) is 21.7 Å². The van der Waals surface area contributed by atoms with E-state index >= 15 is 0 Å². The molecule has 1 unspecified atom stereocenters. The third-order valence-corrected chi connectivity index (χ3v) is 4.49. The molecule has 0 saturated carbocycles. The van der Waals surface area contributed by atoms with Crippen molar-refractivity contribution >= 4 is 17.5 Å². The van der Waals surface area contributed by atoms with Gasteiger partial charge in [0.25, 0.3) is 5.91 Å². The molecule has 1 aliphatic rings. The lowest BCUT2D eigenvalue weighted by Gasteiger charge is -2.35. The fourth-order valence-corrected chi connectivity index (χ4v) is 3.17. The minimum Gasteiger partial charge on any atom is -0.459 e. The zero-order chi connectivity index (χ0) is 17.9. The lowest BCUT2D eigenvalue weighted by Crippen LogP contribution is -2.50. The van der Waals surface area contributed by atoms with Crippen molar-refractivity contribution in [3.05, 3.63) is 84.1 Å². The number of benzene rings is 1. The molecular formula is C20H17N3O3. The molecule has 26 heavy (non-hydrogen) atoms. The number of rotatable bonds is 3. The Kier molecular flexibility index (Phi) is 4.23. The van der Waals surface area contributed by atoms with Crippen molar-refractivity contribution in [3.63, 3.8) is 0 Å². The zero-order valence-corrected chi connectivity index (χ0v) is 14.0. The zero-order valence-electron chi connectivity index (χ0n) is 14.0. The summed E-state index contributed by atoms with van der Waals surface area (Å²) in [7, 11) is 0. The van der Waals surface area contributed by atoms with Gasteiger partial charge < -0.3 is 14.6 Å². The topological polar surface area (TPSA) is 75.4 Å². The van der Waals surface area contributed by atoms with Gasteiger partial charge in [0, 0.05) is 31.0 Å². The highest BCUT2D eigenvalue weighted by molar-refractivity contribution is 6.00. The van der Waals surface area contributed by atoms with Crippen molar-refractivity contribution in [3.8, 4) is 0 Å². The maximum atomic E-state index is 12.9. The first-order valence-electron chi connectivity index (χ1n) is 8.34. The summed E-state index contributed by atoms with van der Waals surface area (Å²) in [6.07, 6.45) is 5.13. The van der Waals surface area contributed by atoms with Gasteiger partial charge >= 0.3 is 0 Å². The molecular weight excluding hydrogens is 330 g/mol. The van der Waals surface area contributed by atoms with Gasteiger partial charge in [0.2, 0.25) is 5.91 Å². The van der Waals surface area contributed by atoms with Crippen LogP contribution in [0.5, 0.6) is 0 Å². The predicted molar refractivity (Wildman–Crippen MR) is 95.4 cm³/mol. The molecule has 0 fully saturated rings. The quantitative estimate of drug-likeness (QED) is 0.790. The van der Waals surface area contributed by atoms with Gasteiger partial charge in [-0.25, -0.2) is 0 Å². The molecule has 6 nitrogen and oxygen atoms in total. The third-order valence-electron chi connectivity index (χ3n) is 4.49. The number of hydrogen-bond donors (Lipinski definition) is 1. The highest BCUT2D eigenvalue weighted by atomic mass is 16.3. The van der Waals surface area contributed by atoms with Gasteiger partial charge in [0.15, 0.2) is 5.76 Å². The number of carbonyl (C=O) groups excluding carboxylic acids is 2. The van der Waals surface area contributed by atoms with Crippen molar-refractivity contribution in [2.24, 2.45) is 0 Å². The highest BCUT2D eigenvalue weighted by Crippen LogP contribution is 2.26. The van der Waals surface area contributed by atoms with Crippen LogP contribution in [0.4, 0.5) is 5.69 Å². The standard InChI is InChI=1S/C20H17N3O3/c24-19(22-16-7-9-21-10-8-16)17-12-14-4-1-2-5-15(14)13-23(17)20(25)18-6-3-11-26-18/h1-11,17H,12-13H2,(H,21,22,24). The predicted octanol–water partition coefficient (Wildman–Crippen LogP) is 2.88. The van der Waals surface area contributed by atoms with E-state index in [9.17, 15) is 9.59 Å². The molecule has 6 heteroatoms. The Balaban J connectivity index is 1.64. The molecule has 0 saturated heterocycles. The number of nitrogens with zero attached hydrogens (tertiary/aromatic N) is 2. The van der Waals surface area contributed by atoms with E-state index in [2.05, 4.69) is 10.3 Å². The molecule has 3 heterocycles. The number of furan rings is 1. The minimum atomic E-state index is -0.615. The van der Waals surface area contributed by atoms with E-state index in [1.54, 1.807) is 41.6 Å². The first-order valence-corrected chi connectivity index (χ1v) is 8.34. The van der Waals surface area contributed by atoms with Gasteiger partial charge in [-0.15, -0.1) is 0 Å². The molecule has 1 N–H and O–H groups in total. The molecule has 2 aromatic heterocycles. The fourth-order valence-electron chi connectivity index (χ4n) is 3.17. The number of pyridine rings is 1. The van der Waals surface area contributed by atoms with Crippen LogP contribution >= 0.6 is 0 Å². The first-order chi connectivity index (χ1) is 12.7. The van der Waals surface area contributed by atoms with Crippen LogP contribution < -0.4 is 5.32 Å². The molecule has 2 amide bonds. The second-order valence-electron chi connectivity index (χ2n) is 6.12. The van der Waals surface area contributed by atoms with Crippen molar-refractivity contribution in [2.45, 2.75) is 19.0 Å². The summed E-state index contributed by atoms with van der Waals surface area (Å²) in [4.78, 5) is 31.3. The van der Waals surface area contributed by atoms with Crippen LogP contribution in [0, 0.1) is 0 Å². The van der Waals surface area contributed by atoms with Crippen LogP contribution in [-0.2, 0) is 17.8 Å². The summed E-state index contributed by atoms with van der Waals surface area (Å²) >= 11 is 0. The molecule has 0 aliphatic carbocycles. The van der Waals surface area contributed by atoms with Crippen molar-refractivity contribution in [1.29, 1.82) is 0 Å². The lowest BCUT2D eigenvalue weighted by atomic mass is 9.93. The van der Waals surface area contributed by atoms with E-state index in [-0.39, 0.29) is 17.6 Å². The van der Waals surface area contributed by atoms with Crippen molar-refractivity contribution in [1.82, 2.24) is 9.88 Å². The molecule has 0 spiro atoms. The van der Waals surface area contributed by atoms with Crippen molar-refractivity contribution < 1.29 is 14.0 Å². The largest absolute Gasteiger partial charge is 0.459 e. The summed E-state index contributed by atoms with van der Waals surface area (Å²) in [5.41, 5.74) is 2.76. The Hall–Kier alpha value is -3.41. The second kappa shape index (κ2) is 6.84. The lowest BCUT2D eigenvalue weighted by molar-refractivity contribution is -0.121. The van der Waals surface area contributed by atoms with Crippen molar-refractivity contribution in [2.75, 3.05) is 5.32 Å². The van der Waals surface area contributed by atoms with E-state index in [0.29, 0.717) is 18.7 Å². The van der Waals surface area contributed by atoms with Gasteiger partial charge in [-0.05, 0) is 35.4 Å². The summed E-state index contributed by atoms with van der Waals surface area (Å²) in [5.74, 6) is -0.295. The SMILES string of the molecule is O=C(Nc1ccncc1)C1Cc2ccccc2CN1C(=O)c1ccco1. The number of nitrogens with one attached hydrogen (secondary N) is 1. The van der Waals surface area contributed by atoms with E-state index in [1.165, 1.54) is 6.26 Å². The Labute approximate surface area is 150 Å². The molecule has 0 radical (unpaired) electrons. The molecule has 0 bridgehead atoms. The fraction of sp³-hybridized carbons (Fsp3) is 0.150. The number of amides is 2. The summed E-state index contributed by atoms with van der Waals surface area (Å²) in [6.45, 7) is 0.365. The van der Waals surface area contributed by atoms with Crippen LogP contribution in [-0.4, -0.2) is 27.7 Å². The summed E-state index contributed by atoms with van der Waals surface area (Å²) in [6, 6.07) is 14.0. The Morgan fingerprint density at radius 1 is 1.04 bits per heavy atom. The normalized spacial score (nSPS) is 16.0. The molecule has 1 atom stereocenters. The van der Waals surface area contributed by atoms with Gasteiger partial charge in [-0.1, -0.05) is 24.3 Å². The highest BCUT2D eigenvalue weighted by Gasteiger charge is 2.35. The van der Waals surface area contributed by atoms with E-state index in [4.69, 9.17) is 4.42 Å². The molecule has 1 aromatic carbocycles. The second-order valence-corrected chi connectivity index (χ2v) is 6.12. The number of carbonyl (C=O) groups is 2. The van der Waals surface area contributed by atoms with Gasteiger partial charge in [0.1, 0.15) is 6.04 Å². The first kappa shape index (κ1) is 16.1. The van der Waals surface area contributed by atoms with Gasteiger partial charge in [0.05, 0.1) is 6.26 Å². The number of hydrogen-bond acceptors (Lipinski definition) is 4. The van der Waals surface area contributed by atoms with Gasteiger partial charge in [-0.3, -0.25) is 14.6 Å². The van der Waals surface area contributed by atoms with Crippen LogP contribution in [0.3, 0.4) is 0 Å². The molecule has 1 aliphatic heterocycles. The number of anilines is 1. The van der Waals surface area contributed by atoms with E-state index in [1.807, 2.05) is 24.3 Å².